The molecule has 0 saturated heterocycles. The first-order chi connectivity index (χ1) is 14.8. The van der Waals surface area contributed by atoms with E-state index in [1.807, 2.05) is 13.8 Å². The molecule has 6 N–H and O–H groups in total. The van der Waals surface area contributed by atoms with Gasteiger partial charge in [0.05, 0.1) is 28.8 Å². The van der Waals surface area contributed by atoms with E-state index in [-0.39, 0.29) is 57.6 Å². The van der Waals surface area contributed by atoms with E-state index >= 15 is 0 Å². The number of fused-ring (bicyclic) bond motifs is 2. The largest absolute Gasteiger partial charge is 0.507 e. The lowest BCUT2D eigenvalue weighted by Gasteiger charge is -2.23. The van der Waals surface area contributed by atoms with Gasteiger partial charge in [0.1, 0.15) is 11.5 Å². The molecule has 164 valence electrons. The van der Waals surface area contributed by atoms with Crippen LogP contribution in [0.4, 0.5) is 11.4 Å². The molecule has 1 aliphatic carbocycles. The molecule has 0 aliphatic heterocycles. The van der Waals surface area contributed by atoms with Crippen molar-refractivity contribution in [2.24, 2.45) is 0 Å². The summed E-state index contributed by atoms with van der Waals surface area (Å²) in [7, 11) is 0. The SMILES string of the molecule is CCN(CC)CCNC(=O)CNc1ccc(O)c2c1C(=O)c1c(O)ccc(N)c1C2=O. The van der Waals surface area contributed by atoms with Crippen LogP contribution in [0.3, 0.4) is 0 Å². The van der Waals surface area contributed by atoms with E-state index in [9.17, 15) is 24.6 Å². The van der Waals surface area contributed by atoms with E-state index in [1.165, 1.54) is 24.3 Å². The summed E-state index contributed by atoms with van der Waals surface area (Å²) in [4.78, 5) is 40.5. The van der Waals surface area contributed by atoms with Crippen LogP contribution in [-0.4, -0.2) is 65.3 Å². The molecule has 0 heterocycles. The number of nitrogens with two attached hydrogens (primary N) is 1. The third kappa shape index (κ3) is 4.17. The lowest BCUT2D eigenvalue weighted by molar-refractivity contribution is -0.119. The number of hydrogen-bond donors (Lipinski definition) is 5. The van der Waals surface area contributed by atoms with E-state index in [1.54, 1.807) is 0 Å². The molecule has 0 fully saturated rings. The average Bonchev–Trinajstić information content (AvgIpc) is 2.75. The predicted molar refractivity (Wildman–Crippen MR) is 117 cm³/mol. The van der Waals surface area contributed by atoms with Gasteiger partial charge in [-0.1, -0.05) is 13.8 Å². The fourth-order valence-corrected chi connectivity index (χ4v) is 3.67. The number of likely N-dealkylation sites (N-methyl/N-ethyl adjacent to an activating group) is 1. The first kappa shape index (κ1) is 22.1. The predicted octanol–water partition coefficient (Wildman–Crippen LogP) is 1.33. The zero-order chi connectivity index (χ0) is 22.7. The Hall–Kier alpha value is -3.59. The summed E-state index contributed by atoms with van der Waals surface area (Å²) < 4.78 is 0. The van der Waals surface area contributed by atoms with E-state index in [0.29, 0.717) is 6.54 Å². The molecule has 0 saturated carbocycles. The van der Waals surface area contributed by atoms with Gasteiger partial charge in [0.2, 0.25) is 17.5 Å². The molecule has 2 aromatic carbocycles. The number of hydrogen-bond acceptors (Lipinski definition) is 8. The molecule has 0 bridgehead atoms. The first-order valence-corrected chi connectivity index (χ1v) is 10.1. The summed E-state index contributed by atoms with van der Waals surface area (Å²) >= 11 is 0. The number of anilines is 2. The highest BCUT2D eigenvalue weighted by molar-refractivity contribution is 6.33. The Labute approximate surface area is 179 Å². The number of carbonyl (C=O) groups excluding carboxylic acids is 3. The van der Waals surface area contributed by atoms with Gasteiger partial charge in [-0.2, -0.15) is 0 Å². The number of carbonyl (C=O) groups is 3. The number of nitrogens with one attached hydrogen (secondary N) is 2. The zero-order valence-electron chi connectivity index (χ0n) is 17.5. The van der Waals surface area contributed by atoms with E-state index in [2.05, 4.69) is 15.5 Å². The Morgan fingerprint density at radius 1 is 0.935 bits per heavy atom. The van der Waals surface area contributed by atoms with Crippen molar-refractivity contribution in [2.45, 2.75) is 13.8 Å². The van der Waals surface area contributed by atoms with Crippen LogP contribution < -0.4 is 16.4 Å². The summed E-state index contributed by atoms with van der Waals surface area (Å²) in [5.74, 6) is -2.36. The fraction of sp³-hybridized carbons (Fsp3) is 0.318. The number of aromatic hydroxyl groups is 2. The van der Waals surface area contributed by atoms with Gasteiger partial charge in [-0.3, -0.25) is 14.4 Å². The van der Waals surface area contributed by atoms with Crippen molar-refractivity contribution in [1.29, 1.82) is 0 Å². The standard InChI is InChI=1S/C22H26N4O5/c1-3-26(4-2)10-9-24-16(29)11-25-13-6-8-15(28)20-18(13)22(31)19-14(27)7-5-12(23)17(19)21(20)30/h5-8,25,27-28H,3-4,9-11,23H2,1-2H3,(H,24,29). The van der Waals surface area contributed by atoms with Crippen molar-refractivity contribution >= 4 is 28.8 Å². The highest BCUT2D eigenvalue weighted by Crippen LogP contribution is 2.41. The Morgan fingerprint density at radius 2 is 1.52 bits per heavy atom. The van der Waals surface area contributed by atoms with Crippen LogP contribution in [0.5, 0.6) is 11.5 Å². The Morgan fingerprint density at radius 3 is 2.16 bits per heavy atom. The van der Waals surface area contributed by atoms with Gasteiger partial charge in [-0.15, -0.1) is 0 Å². The molecular weight excluding hydrogens is 400 g/mol. The maximum Gasteiger partial charge on any atom is 0.239 e. The Bertz CT molecular complexity index is 1050. The second-order valence-corrected chi connectivity index (χ2v) is 7.19. The molecule has 2 aromatic rings. The minimum atomic E-state index is -0.664. The fourth-order valence-electron chi connectivity index (χ4n) is 3.67. The number of benzene rings is 2. The second-order valence-electron chi connectivity index (χ2n) is 7.19. The van der Waals surface area contributed by atoms with Gasteiger partial charge in [0.15, 0.2) is 0 Å². The molecule has 3 rings (SSSR count). The molecular formula is C22H26N4O5. The molecule has 1 amide bonds. The number of nitrogen functional groups attached to an aromatic ring is 1. The molecule has 1 aliphatic rings. The highest BCUT2D eigenvalue weighted by Gasteiger charge is 2.37. The van der Waals surface area contributed by atoms with Crippen LogP contribution in [0.1, 0.15) is 45.7 Å². The summed E-state index contributed by atoms with van der Waals surface area (Å²) in [5, 5.41) is 26.1. The van der Waals surface area contributed by atoms with Crippen LogP contribution >= 0.6 is 0 Å². The van der Waals surface area contributed by atoms with Gasteiger partial charge < -0.3 is 31.5 Å². The highest BCUT2D eigenvalue weighted by atomic mass is 16.3. The van der Waals surface area contributed by atoms with Crippen molar-refractivity contribution in [3.8, 4) is 11.5 Å². The van der Waals surface area contributed by atoms with Crippen LogP contribution in [-0.2, 0) is 4.79 Å². The van der Waals surface area contributed by atoms with Gasteiger partial charge in [0, 0.05) is 24.5 Å². The van der Waals surface area contributed by atoms with Crippen molar-refractivity contribution < 1.29 is 24.6 Å². The quantitative estimate of drug-likeness (QED) is 0.268. The van der Waals surface area contributed by atoms with Crippen LogP contribution in [0.2, 0.25) is 0 Å². The molecule has 9 heteroatoms. The zero-order valence-corrected chi connectivity index (χ0v) is 17.5. The van der Waals surface area contributed by atoms with Gasteiger partial charge in [-0.05, 0) is 37.4 Å². The number of nitrogens with zero attached hydrogens (tertiary/aromatic N) is 1. The lowest BCUT2D eigenvalue weighted by Crippen LogP contribution is -2.37. The number of rotatable bonds is 8. The second kappa shape index (κ2) is 9.05. The van der Waals surface area contributed by atoms with Crippen LogP contribution in [0.25, 0.3) is 0 Å². The number of phenolic OH excluding ortho intramolecular Hbond substituents is 2. The topological polar surface area (TPSA) is 145 Å². The summed E-state index contributed by atoms with van der Waals surface area (Å²) in [6.45, 7) is 6.93. The van der Waals surface area contributed by atoms with E-state index < -0.39 is 11.6 Å². The van der Waals surface area contributed by atoms with Crippen molar-refractivity contribution in [3.63, 3.8) is 0 Å². The van der Waals surface area contributed by atoms with Crippen molar-refractivity contribution in [1.82, 2.24) is 10.2 Å². The maximum absolute atomic E-state index is 13.1. The lowest BCUT2D eigenvalue weighted by atomic mass is 9.81. The van der Waals surface area contributed by atoms with E-state index in [0.717, 1.165) is 19.6 Å². The summed E-state index contributed by atoms with van der Waals surface area (Å²) in [6.07, 6.45) is 0. The van der Waals surface area contributed by atoms with Gasteiger partial charge in [0.25, 0.3) is 0 Å². The Balaban J connectivity index is 1.83. The third-order valence-corrected chi connectivity index (χ3v) is 5.39. The Kier molecular flexibility index (Phi) is 6.45. The van der Waals surface area contributed by atoms with Gasteiger partial charge >= 0.3 is 0 Å². The van der Waals surface area contributed by atoms with Crippen molar-refractivity contribution in [3.05, 3.63) is 46.5 Å². The first-order valence-electron chi connectivity index (χ1n) is 10.1. The number of ketones is 2. The molecule has 0 unspecified atom stereocenters. The van der Waals surface area contributed by atoms with E-state index in [4.69, 9.17) is 5.73 Å². The molecule has 0 spiro atoms. The molecule has 0 atom stereocenters. The summed E-state index contributed by atoms with van der Waals surface area (Å²) in [6, 6.07) is 5.25. The van der Waals surface area contributed by atoms with Crippen LogP contribution in [0.15, 0.2) is 24.3 Å². The molecule has 9 nitrogen and oxygen atoms in total. The number of amides is 1. The normalized spacial score (nSPS) is 12.5. The van der Waals surface area contributed by atoms with Crippen LogP contribution in [0, 0.1) is 0 Å². The number of phenols is 2. The molecule has 31 heavy (non-hydrogen) atoms. The van der Waals surface area contributed by atoms with Crippen molar-refractivity contribution in [2.75, 3.05) is 43.8 Å². The molecule has 0 aromatic heterocycles. The third-order valence-electron chi connectivity index (χ3n) is 5.39. The van der Waals surface area contributed by atoms with Gasteiger partial charge in [-0.25, -0.2) is 0 Å². The monoisotopic (exact) mass is 426 g/mol. The maximum atomic E-state index is 13.1. The minimum Gasteiger partial charge on any atom is -0.507 e. The average molecular weight is 426 g/mol. The smallest absolute Gasteiger partial charge is 0.239 e. The minimum absolute atomic E-state index is 0.0298. The molecule has 0 radical (unpaired) electrons. The summed E-state index contributed by atoms with van der Waals surface area (Å²) in [5.41, 5.74) is 5.43.